The number of aromatic nitrogens is 1. The van der Waals surface area contributed by atoms with E-state index in [1.165, 1.54) is 0 Å². The number of halogens is 1. The lowest BCUT2D eigenvalue weighted by Crippen LogP contribution is -2.46. The van der Waals surface area contributed by atoms with E-state index >= 15 is 0 Å². The van der Waals surface area contributed by atoms with E-state index < -0.39 is 0 Å². The molecule has 0 amide bonds. The van der Waals surface area contributed by atoms with Crippen LogP contribution in [0.4, 0.5) is 5.13 Å². The van der Waals surface area contributed by atoms with E-state index in [1.807, 2.05) is 18.2 Å². The number of nitrogens with one attached hydrogen (secondary N) is 1. The van der Waals surface area contributed by atoms with Gasteiger partial charge in [0.25, 0.3) is 0 Å². The van der Waals surface area contributed by atoms with Crippen LogP contribution in [0, 0.1) is 0 Å². The van der Waals surface area contributed by atoms with Gasteiger partial charge in [0.1, 0.15) is 0 Å². The summed E-state index contributed by atoms with van der Waals surface area (Å²) in [5, 5.41) is 3.92. The Hall–Kier alpha value is -0.880. The summed E-state index contributed by atoms with van der Waals surface area (Å²) in [6.45, 7) is 4.22. The molecule has 1 aromatic heterocycles. The minimum atomic E-state index is 0.761. The first kappa shape index (κ1) is 12.2. The summed E-state index contributed by atoms with van der Waals surface area (Å²) >= 11 is 7.62. The predicted octanol–water partition coefficient (Wildman–Crippen LogP) is 2.52. The van der Waals surface area contributed by atoms with Crippen LogP contribution < -0.4 is 5.43 Å². The molecule has 2 aromatic rings. The highest BCUT2D eigenvalue weighted by molar-refractivity contribution is 7.22. The van der Waals surface area contributed by atoms with Crippen LogP contribution in [0.5, 0.6) is 0 Å². The summed E-state index contributed by atoms with van der Waals surface area (Å²) in [7, 11) is 2.15. The van der Waals surface area contributed by atoms with E-state index in [1.54, 1.807) is 11.3 Å². The van der Waals surface area contributed by atoms with Crippen molar-refractivity contribution in [2.75, 3.05) is 38.7 Å². The van der Waals surface area contributed by atoms with Crippen molar-refractivity contribution in [3.05, 3.63) is 23.2 Å². The highest BCUT2D eigenvalue weighted by Gasteiger charge is 2.14. The van der Waals surface area contributed by atoms with Crippen molar-refractivity contribution < 1.29 is 0 Å². The SMILES string of the molecule is CN1CCN(Nc2nc3ccc(Cl)cc3s2)CC1. The first-order valence-corrected chi connectivity index (χ1v) is 7.16. The van der Waals surface area contributed by atoms with E-state index in [2.05, 4.69) is 27.4 Å². The first-order valence-electron chi connectivity index (χ1n) is 5.97. The molecule has 1 aromatic carbocycles. The molecule has 1 fully saturated rings. The summed E-state index contributed by atoms with van der Waals surface area (Å²) in [6, 6.07) is 5.80. The normalized spacial score (nSPS) is 18.3. The molecule has 1 N–H and O–H groups in total. The van der Waals surface area contributed by atoms with Gasteiger partial charge >= 0.3 is 0 Å². The van der Waals surface area contributed by atoms with Crippen LogP contribution in [0.1, 0.15) is 0 Å². The molecule has 96 valence electrons. The number of nitrogens with zero attached hydrogens (tertiary/aromatic N) is 3. The van der Waals surface area contributed by atoms with Crippen LogP contribution in [0.25, 0.3) is 10.2 Å². The molecule has 0 unspecified atom stereocenters. The fourth-order valence-corrected chi connectivity index (χ4v) is 3.17. The van der Waals surface area contributed by atoms with Crippen LogP contribution in [-0.4, -0.2) is 48.1 Å². The maximum Gasteiger partial charge on any atom is 0.198 e. The number of fused-ring (bicyclic) bond motifs is 1. The zero-order valence-electron chi connectivity index (χ0n) is 10.2. The van der Waals surface area contributed by atoms with Crippen LogP contribution in [0.2, 0.25) is 5.02 Å². The van der Waals surface area contributed by atoms with E-state index in [4.69, 9.17) is 11.6 Å². The number of benzene rings is 1. The number of hydrazine groups is 1. The summed E-state index contributed by atoms with van der Waals surface area (Å²) in [6.07, 6.45) is 0. The molecule has 18 heavy (non-hydrogen) atoms. The Kier molecular flexibility index (Phi) is 3.39. The lowest BCUT2D eigenvalue weighted by atomic mass is 10.3. The highest BCUT2D eigenvalue weighted by Crippen LogP contribution is 2.28. The Morgan fingerprint density at radius 1 is 1.28 bits per heavy atom. The topological polar surface area (TPSA) is 31.4 Å². The fraction of sp³-hybridized carbons (Fsp3) is 0.417. The van der Waals surface area contributed by atoms with Gasteiger partial charge in [0.15, 0.2) is 5.13 Å². The smallest absolute Gasteiger partial charge is 0.198 e. The third kappa shape index (κ3) is 2.59. The molecule has 0 bridgehead atoms. The van der Waals surface area contributed by atoms with Gasteiger partial charge in [-0.3, -0.25) is 5.43 Å². The van der Waals surface area contributed by atoms with Crippen LogP contribution >= 0.6 is 22.9 Å². The van der Waals surface area contributed by atoms with Gasteiger partial charge in [-0.25, -0.2) is 9.99 Å². The number of hydrogen-bond donors (Lipinski definition) is 1. The second-order valence-corrected chi connectivity index (χ2v) is 6.00. The number of piperazine rings is 1. The van der Waals surface area contributed by atoms with Gasteiger partial charge in [0, 0.05) is 31.2 Å². The zero-order chi connectivity index (χ0) is 12.5. The van der Waals surface area contributed by atoms with Gasteiger partial charge < -0.3 is 4.90 Å². The molecule has 0 saturated carbocycles. The Morgan fingerprint density at radius 3 is 2.83 bits per heavy atom. The summed E-state index contributed by atoms with van der Waals surface area (Å²) in [5.41, 5.74) is 4.38. The first-order chi connectivity index (χ1) is 8.70. The molecule has 0 radical (unpaired) electrons. The van der Waals surface area contributed by atoms with Crippen LogP contribution in [-0.2, 0) is 0 Å². The van der Waals surface area contributed by atoms with E-state index in [-0.39, 0.29) is 0 Å². The van der Waals surface area contributed by atoms with Crippen molar-refractivity contribution in [1.82, 2.24) is 14.9 Å². The molecule has 0 atom stereocenters. The number of likely N-dealkylation sites (N-methyl/N-ethyl adjacent to an activating group) is 1. The van der Waals surface area contributed by atoms with Crippen LogP contribution in [0.3, 0.4) is 0 Å². The molecule has 1 aliphatic rings. The quantitative estimate of drug-likeness (QED) is 0.917. The Bertz CT molecular complexity index is 548. The van der Waals surface area contributed by atoms with Gasteiger partial charge in [0.2, 0.25) is 0 Å². The molecule has 0 aliphatic carbocycles. The molecular formula is C12H15ClN4S. The van der Waals surface area contributed by atoms with Gasteiger partial charge in [-0.2, -0.15) is 0 Å². The number of hydrogen-bond acceptors (Lipinski definition) is 5. The molecule has 6 heteroatoms. The largest absolute Gasteiger partial charge is 0.304 e. The monoisotopic (exact) mass is 282 g/mol. The number of thiazole rings is 1. The lowest BCUT2D eigenvalue weighted by molar-refractivity contribution is 0.179. The second-order valence-electron chi connectivity index (χ2n) is 4.53. The molecule has 1 aliphatic heterocycles. The average Bonchev–Trinajstić information content (AvgIpc) is 2.73. The van der Waals surface area contributed by atoms with Gasteiger partial charge in [-0.15, -0.1) is 0 Å². The van der Waals surface area contributed by atoms with E-state index in [0.29, 0.717) is 0 Å². The number of anilines is 1. The van der Waals surface area contributed by atoms with Crippen molar-refractivity contribution in [1.29, 1.82) is 0 Å². The maximum atomic E-state index is 5.98. The standard InChI is InChI=1S/C12H15ClN4S/c1-16-4-6-17(7-5-16)15-12-14-10-3-2-9(13)8-11(10)18-12/h2-3,8H,4-7H2,1H3,(H,14,15). The molecular weight excluding hydrogens is 268 g/mol. The zero-order valence-corrected chi connectivity index (χ0v) is 11.8. The third-order valence-electron chi connectivity index (χ3n) is 3.11. The van der Waals surface area contributed by atoms with Crippen molar-refractivity contribution in [3.63, 3.8) is 0 Å². The summed E-state index contributed by atoms with van der Waals surface area (Å²) in [5.74, 6) is 0. The minimum absolute atomic E-state index is 0.761. The average molecular weight is 283 g/mol. The molecule has 3 rings (SSSR count). The fourth-order valence-electron chi connectivity index (χ4n) is 2.00. The van der Waals surface area contributed by atoms with Crippen molar-refractivity contribution in [2.24, 2.45) is 0 Å². The number of rotatable bonds is 2. The molecule has 4 nitrogen and oxygen atoms in total. The Labute approximate surface area is 115 Å². The minimum Gasteiger partial charge on any atom is -0.304 e. The maximum absolute atomic E-state index is 5.98. The Balaban J connectivity index is 1.74. The Morgan fingerprint density at radius 2 is 2.06 bits per heavy atom. The lowest BCUT2D eigenvalue weighted by Gasteiger charge is -2.32. The van der Waals surface area contributed by atoms with Gasteiger partial charge in [-0.05, 0) is 25.2 Å². The highest BCUT2D eigenvalue weighted by atomic mass is 35.5. The van der Waals surface area contributed by atoms with Crippen molar-refractivity contribution >= 4 is 38.3 Å². The molecule has 0 spiro atoms. The van der Waals surface area contributed by atoms with Gasteiger partial charge in [-0.1, -0.05) is 22.9 Å². The predicted molar refractivity (Wildman–Crippen MR) is 77.3 cm³/mol. The third-order valence-corrected chi connectivity index (χ3v) is 4.27. The van der Waals surface area contributed by atoms with Gasteiger partial charge in [0.05, 0.1) is 10.2 Å². The van der Waals surface area contributed by atoms with Crippen molar-refractivity contribution in [2.45, 2.75) is 0 Å². The summed E-state index contributed by atoms with van der Waals surface area (Å²) < 4.78 is 1.12. The molecule has 2 heterocycles. The van der Waals surface area contributed by atoms with Crippen molar-refractivity contribution in [3.8, 4) is 0 Å². The summed E-state index contributed by atoms with van der Waals surface area (Å²) in [4.78, 5) is 6.89. The van der Waals surface area contributed by atoms with E-state index in [0.717, 1.165) is 46.5 Å². The molecule has 1 saturated heterocycles. The second kappa shape index (κ2) is 5.01. The van der Waals surface area contributed by atoms with E-state index in [9.17, 15) is 0 Å². The van der Waals surface area contributed by atoms with Crippen LogP contribution in [0.15, 0.2) is 18.2 Å².